The van der Waals surface area contributed by atoms with Gasteiger partial charge in [-0.05, 0) is 25.5 Å². The first-order valence-corrected chi connectivity index (χ1v) is 6.57. The van der Waals surface area contributed by atoms with Crippen LogP contribution in [0.2, 0.25) is 0 Å². The lowest BCUT2D eigenvalue weighted by atomic mass is 10.2. The molecule has 0 amide bonds. The molecular formula is C14H24N2O2. The molecule has 0 bridgehead atoms. The zero-order valence-corrected chi connectivity index (χ0v) is 11.6. The topological polar surface area (TPSA) is 43.4 Å². The molecule has 0 saturated carbocycles. The lowest BCUT2D eigenvalue weighted by molar-refractivity contribution is 0.199. The summed E-state index contributed by atoms with van der Waals surface area (Å²) in [5, 5.41) is 3.25. The van der Waals surface area contributed by atoms with E-state index in [0.29, 0.717) is 0 Å². The van der Waals surface area contributed by atoms with Crippen LogP contribution in [0.25, 0.3) is 0 Å². The summed E-state index contributed by atoms with van der Waals surface area (Å²) in [6, 6.07) is 3.97. The molecule has 0 saturated heterocycles. The highest BCUT2D eigenvalue weighted by atomic mass is 16.5. The van der Waals surface area contributed by atoms with Gasteiger partial charge in [-0.3, -0.25) is 4.98 Å². The maximum Gasteiger partial charge on any atom is 0.138 e. The van der Waals surface area contributed by atoms with Gasteiger partial charge in [0.25, 0.3) is 0 Å². The van der Waals surface area contributed by atoms with E-state index in [1.807, 2.05) is 12.1 Å². The quantitative estimate of drug-likeness (QED) is 0.685. The third kappa shape index (κ3) is 5.98. The van der Waals surface area contributed by atoms with Gasteiger partial charge in [0.05, 0.1) is 24.6 Å². The number of pyridine rings is 1. The summed E-state index contributed by atoms with van der Waals surface area (Å²) < 4.78 is 10.7. The Morgan fingerprint density at radius 3 is 2.83 bits per heavy atom. The largest absolute Gasteiger partial charge is 0.489 e. The Kier molecular flexibility index (Phi) is 7.37. The number of ether oxygens (including phenoxy) is 2. The van der Waals surface area contributed by atoms with Crippen molar-refractivity contribution in [3.8, 4) is 5.75 Å². The van der Waals surface area contributed by atoms with Crippen molar-refractivity contribution in [2.24, 2.45) is 0 Å². The highest BCUT2D eigenvalue weighted by Gasteiger charge is 2.03. The second-order valence-corrected chi connectivity index (χ2v) is 4.37. The van der Waals surface area contributed by atoms with Crippen molar-refractivity contribution in [3.63, 3.8) is 0 Å². The van der Waals surface area contributed by atoms with Gasteiger partial charge in [-0.2, -0.15) is 0 Å². The number of hydrogen-bond donors (Lipinski definition) is 1. The fraction of sp³-hybridized carbons (Fsp3) is 0.643. The number of aromatic nitrogens is 1. The molecule has 0 radical (unpaired) electrons. The maximum absolute atomic E-state index is 5.75. The molecule has 1 heterocycles. The van der Waals surface area contributed by atoms with Crippen LogP contribution in [0.1, 0.15) is 32.4 Å². The van der Waals surface area contributed by atoms with Crippen LogP contribution in [0.5, 0.6) is 5.75 Å². The molecule has 0 spiro atoms. The van der Waals surface area contributed by atoms with E-state index < -0.39 is 0 Å². The van der Waals surface area contributed by atoms with Crippen molar-refractivity contribution in [3.05, 3.63) is 24.0 Å². The van der Waals surface area contributed by atoms with Gasteiger partial charge in [0, 0.05) is 20.2 Å². The van der Waals surface area contributed by atoms with Crippen LogP contribution in [0.15, 0.2) is 18.3 Å². The summed E-state index contributed by atoms with van der Waals surface area (Å²) in [6.07, 6.45) is 4.25. The predicted molar refractivity (Wildman–Crippen MR) is 72.8 cm³/mol. The van der Waals surface area contributed by atoms with Crippen molar-refractivity contribution in [1.29, 1.82) is 0 Å². The van der Waals surface area contributed by atoms with Crippen molar-refractivity contribution in [2.75, 3.05) is 20.3 Å². The molecule has 0 aliphatic rings. The molecule has 1 atom stereocenters. The van der Waals surface area contributed by atoms with Gasteiger partial charge in [0.2, 0.25) is 0 Å². The minimum absolute atomic E-state index is 0.252. The molecule has 0 aliphatic carbocycles. The van der Waals surface area contributed by atoms with Gasteiger partial charge in [-0.25, -0.2) is 0 Å². The average Bonchev–Trinajstić information content (AvgIpc) is 2.37. The zero-order valence-electron chi connectivity index (χ0n) is 11.6. The van der Waals surface area contributed by atoms with E-state index in [9.17, 15) is 0 Å². The standard InChI is InChI=1S/C14H24N2O2/c1-4-5-12(2)18-14-7-6-13(16-11-14)10-15-8-9-17-3/h6-7,11-12,15H,4-5,8-10H2,1-3H3. The van der Waals surface area contributed by atoms with Crippen LogP contribution in [0.3, 0.4) is 0 Å². The van der Waals surface area contributed by atoms with Crippen molar-refractivity contribution >= 4 is 0 Å². The summed E-state index contributed by atoms with van der Waals surface area (Å²) in [4.78, 5) is 4.36. The lowest BCUT2D eigenvalue weighted by Gasteiger charge is -2.13. The second-order valence-electron chi connectivity index (χ2n) is 4.37. The van der Waals surface area contributed by atoms with E-state index in [0.717, 1.165) is 44.0 Å². The zero-order chi connectivity index (χ0) is 13.2. The van der Waals surface area contributed by atoms with Gasteiger partial charge in [0.1, 0.15) is 5.75 Å². The van der Waals surface area contributed by atoms with E-state index in [-0.39, 0.29) is 6.10 Å². The van der Waals surface area contributed by atoms with Gasteiger partial charge < -0.3 is 14.8 Å². The Morgan fingerprint density at radius 1 is 1.39 bits per heavy atom. The smallest absolute Gasteiger partial charge is 0.138 e. The van der Waals surface area contributed by atoms with Crippen LogP contribution in [0, 0.1) is 0 Å². The normalized spacial score (nSPS) is 12.4. The molecule has 1 unspecified atom stereocenters. The molecule has 18 heavy (non-hydrogen) atoms. The second kappa shape index (κ2) is 8.89. The van der Waals surface area contributed by atoms with E-state index >= 15 is 0 Å². The number of rotatable bonds is 9. The fourth-order valence-corrected chi connectivity index (χ4v) is 1.67. The summed E-state index contributed by atoms with van der Waals surface area (Å²) in [5.74, 6) is 0.844. The highest BCUT2D eigenvalue weighted by molar-refractivity contribution is 5.20. The Bertz CT molecular complexity index is 314. The Labute approximate surface area is 110 Å². The minimum Gasteiger partial charge on any atom is -0.489 e. The lowest BCUT2D eigenvalue weighted by Crippen LogP contribution is -2.19. The molecule has 4 heteroatoms. The molecule has 1 aromatic rings. The summed E-state index contributed by atoms with van der Waals surface area (Å²) in [5.41, 5.74) is 1.02. The third-order valence-corrected chi connectivity index (χ3v) is 2.62. The van der Waals surface area contributed by atoms with Crippen molar-refractivity contribution in [2.45, 2.75) is 39.3 Å². The van der Waals surface area contributed by atoms with E-state index in [2.05, 4.69) is 24.1 Å². The van der Waals surface area contributed by atoms with Crippen LogP contribution >= 0.6 is 0 Å². The van der Waals surface area contributed by atoms with Crippen LogP contribution in [-0.4, -0.2) is 31.3 Å². The summed E-state index contributed by atoms with van der Waals surface area (Å²) >= 11 is 0. The number of nitrogens with zero attached hydrogens (tertiary/aromatic N) is 1. The van der Waals surface area contributed by atoms with Gasteiger partial charge in [-0.1, -0.05) is 13.3 Å². The van der Waals surface area contributed by atoms with Crippen LogP contribution in [0.4, 0.5) is 0 Å². The molecule has 1 N–H and O–H groups in total. The van der Waals surface area contributed by atoms with Crippen molar-refractivity contribution < 1.29 is 9.47 Å². The first-order valence-electron chi connectivity index (χ1n) is 6.57. The van der Waals surface area contributed by atoms with E-state index in [1.54, 1.807) is 13.3 Å². The monoisotopic (exact) mass is 252 g/mol. The van der Waals surface area contributed by atoms with Gasteiger partial charge >= 0.3 is 0 Å². The molecular weight excluding hydrogens is 228 g/mol. The molecule has 0 fully saturated rings. The Hall–Kier alpha value is -1.13. The summed E-state index contributed by atoms with van der Waals surface area (Å²) in [6.45, 7) is 6.56. The maximum atomic E-state index is 5.75. The summed E-state index contributed by atoms with van der Waals surface area (Å²) in [7, 11) is 1.70. The number of hydrogen-bond acceptors (Lipinski definition) is 4. The molecule has 102 valence electrons. The Balaban J connectivity index is 2.33. The predicted octanol–water partition coefficient (Wildman–Crippen LogP) is 2.39. The molecule has 4 nitrogen and oxygen atoms in total. The fourth-order valence-electron chi connectivity index (χ4n) is 1.67. The highest BCUT2D eigenvalue weighted by Crippen LogP contribution is 2.13. The van der Waals surface area contributed by atoms with Gasteiger partial charge in [0.15, 0.2) is 0 Å². The van der Waals surface area contributed by atoms with Crippen LogP contribution in [-0.2, 0) is 11.3 Å². The first-order chi connectivity index (χ1) is 8.76. The SMILES string of the molecule is CCCC(C)Oc1ccc(CNCCOC)nc1. The first kappa shape index (κ1) is 14.9. The van der Waals surface area contributed by atoms with Gasteiger partial charge in [-0.15, -0.1) is 0 Å². The minimum atomic E-state index is 0.252. The molecule has 1 aromatic heterocycles. The van der Waals surface area contributed by atoms with E-state index in [1.165, 1.54) is 0 Å². The van der Waals surface area contributed by atoms with E-state index in [4.69, 9.17) is 9.47 Å². The number of nitrogens with one attached hydrogen (secondary N) is 1. The molecule has 0 aliphatic heterocycles. The Morgan fingerprint density at radius 2 is 2.22 bits per heavy atom. The third-order valence-electron chi connectivity index (χ3n) is 2.62. The van der Waals surface area contributed by atoms with Crippen molar-refractivity contribution in [1.82, 2.24) is 10.3 Å². The molecule has 0 aromatic carbocycles. The number of methoxy groups -OCH3 is 1. The molecule has 1 rings (SSSR count). The average molecular weight is 252 g/mol. The van der Waals surface area contributed by atoms with Crippen LogP contribution < -0.4 is 10.1 Å².